The van der Waals surface area contributed by atoms with Crippen LogP contribution < -0.4 is 5.73 Å². The van der Waals surface area contributed by atoms with Crippen molar-refractivity contribution in [3.8, 4) is 0 Å². The maximum Gasteiger partial charge on any atom is 0.255 e. The van der Waals surface area contributed by atoms with Gasteiger partial charge in [-0.3, -0.25) is 9.59 Å². The molecule has 1 aliphatic rings. The van der Waals surface area contributed by atoms with Crippen LogP contribution in [0.2, 0.25) is 5.02 Å². The molecule has 1 aromatic carbocycles. The molecule has 0 unspecified atom stereocenters. The van der Waals surface area contributed by atoms with E-state index in [0.717, 1.165) is 6.42 Å². The highest BCUT2D eigenvalue weighted by Crippen LogP contribution is 2.24. The van der Waals surface area contributed by atoms with Gasteiger partial charge in [0.25, 0.3) is 5.91 Å². The summed E-state index contributed by atoms with van der Waals surface area (Å²) in [4.78, 5) is 27.3. The second-order valence-corrected chi connectivity index (χ2v) is 4.98. The summed E-state index contributed by atoms with van der Waals surface area (Å²) in [5.41, 5.74) is 6.40. The normalized spacial score (nSPS) is 16.4. The maximum absolute atomic E-state index is 12.4. The Morgan fingerprint density at radius 2 is 2.11 bits per heavy atom. The lowest BCUT2D eigenvalue weighted by molar-refractivity contribution is -0.129. The summed E-state index contributed by atoms with van der Waals surface area (Å²) < 4.78 is 0. The minimum atomic E-state index is -0.249. The van der Waals surface area contributed by atoms with Crippen molar-refractivity contribution >= 4 is 29.1 Å². The van der Waals surface area contributed by atoms with Crippen molar-refractivity contribution in [1.82, 2.24) is 9.80 Å². The zero-order chi connectivity index (χ0) is 14.0. The smallest absolute Gasteiger partial charge is 0.255 e. The Kier molecular flexibility index (Phi) is 3.95. The molecule has 1 aromatic rings. The first-order chi connectivity index (χ1) is 9.00. The third-order valence-electron chi connectivity index (χ3n) is 3.22. The van der Waals surface area contributed by atoms with Gasteiger partial charge in [-0.15, -0.1) is 0 Å². The number of hydrogen-bond donors (Lipinski definition) is 1. The van der Waals surface area contributed by atoms with E-state index in [0.29, 0.717) is 24.3 Å². The molecule has 0 saturated carbocycles. The van der Waals surface area contributed by atoms with Crippen molar-refractivity contribution < 1.29 is 9.59 Å². The summed E-state index contributed by atoms with van der Waals surface area (Å²) in [7, 11) is 1.74. The number of nitrogen functional groups attached to an aromatic ring is 1. The van der Waals surface area contributed by atoms with Gasteiger partial charge in [0, 0.05) is 20.1 Å². The van der Waals surface area contributed by atoms with Crippen molar-refractivity contribution in [3.63, 3.8) is 0 Å². The Hall–Kier alpha value is -1.75. The van der Waals surface area contributed by atoms with Crippen LogP contribution in [-0.2, 0) is 4.79 Å². The average molecular weight is 282 g/mol. The molecule has 0 bridgehead atoms. The summed E-state index contributed by atoms with van der Waals surface area (Å²) in [6, 6.07) is 4.95. The molecule has 0 atom stereocenters. The molecule has 0 spiro atoms. The summed E-state index contributed by atoms with van der Waals surface area (Å²) in [6.07, 6.45) is 0.758. The van der Waals surface area contributed by atoms with Crippen molar-refractivity contribution in [3.05, 3.63) is 28.8 Å². The minimum Gasteiger partial charge on any atom is -0.398 e. The van der Waals surface area contributed by atoms with Gasteiger partial charge in [-0.1, -0.05) is 17.7 Å². The van der Waals surface area contributed by atoms with Crippen molar-refractivity contribution in [2.24, 2.45) is 0 Å². The summed E-state index contributed by atoms with van der Waals surface area (Å²) in [5.74, 6) is -0.313. The molecule has 102 valence electrons. The van der Waals surface area contributed by atoms with Crippen molar-refractivity contribution in [2.75, 3.05) is 32.4 Å². The van der Waals surface area contributed by atoms with Gasteiger partial charge in [0.1, 0.15) is 6.54 Å². The van der Waals surface area contributed by atoms with Gasteiger partial charge in [-0.25, -0.2) is 0 Å². The fourth-order valence-corrected chi connectivity index (χ4v) is 2.25. The molecule has 1 fully saturated rings. The van der Waals surface area contributed by atoms with Gasteiger partial charge in [0.15, 0.2) is 0 Å². The molecule has 6 heteroatoms. The van der Waals surface area contributed by atoms with E-state index < -0.39 is 0 Å². The van der Waals surface area contributed by atoms with E-state index in [1.54, 1.807) is 30.1 Å². The van der Waals surface area contributed by atoms with Gasteiger partial charge in [0.2, 0.25) is 5.91 Å². The molecule has 1 saturated heterocycles. The van der Waals surface area contributed by atoms with E-state index in [4.69, 9.17) is 17.3 Å². The molecular weight excluding hydrogens is 266 g/mol. The molecule has 2 N–H and O–H groups in total. The van der Waals surface area contributed by atoms with Crippen LogP contribution in [0.3, 0.4) is 0 Å². The van der Waals surface area contributed by atoms with Gasteiger partial charge < -0.3 is 15.5 Å². The van der Waals surface area contributed by atoms with Crippen molar-refractivity contribution in [1.29, 1.82) is 0 Å². The molecule has 19 heavy (non-hydrogen) atoms. The number of carbonyl (C=O) groups excluding carboxylic acids is 2. The number of nitrogens with two attached hydrogens (primary N) is 1. The second-order valence-electron chi connectivity index (χ2n) is 4.60. The Morgan fingerprint density at radius 1 is 1.37 bits per heavy atom. The van der Waals surface area contributed by atoms with E-state index in [-0.39, 0.29) is 23.4 Å². The van der Waals surface area contributed by atoms with Gasteiger partial charge in [-0.05, 0) is 18.6 Å². The van der Waals surface area contributed by atoms with Crippen LogP contribution in [0.1, 0.15) is 16.8 Å². The number of likely N-dealkylation sites (N-methyl/N-ethyl adjacent to an activating group) is 1. The topological polar surface area (TPSA) is 66.6 Å². The molecule has 1 aliphatic heterocycles. The van der Waals surface area contributed by atoms with Crippen molar-refractivity contribution in [2.45, 2.75) is 6.42 Å². The van der Waals surface area contributed by atoms with Crippen LogP contribution in [-0.4, -0.2) is 48.3 Å². The van der Waals surface area contributed by atoms with Gasteiger partial charge >= 0.3 is 0 Å². The lowest BCUT2D eigenvalue weighted by Gasteiger charge is -2.20. The minimum absolute atomic E-state index is 0.0640. The Balaban J connectivity index is 2.24. The Morgan fingerprint density at radius 3 is 2.84 bits per heavy atom. The summed E-state index contributed by atoms with van der Waals surface area (Å²) in [5, 5.41) is 0.248. The Labute approximate surface area is 116 Å². The molecule has 0 aromatic heterocycles. The standard InChI is InChI=1S/C13H16ClN3O2/c1-16-6-3-7-17(8-11(16)18)13(19)9-4-2-5-10(15)12(9)14/h2,4-5H,3,6-8,15H2,1H3. The zero-order valence-corrected chi connectivity index (χ0v) is 11.5. The predicted octanol–water partition coefficient (Wildman–Crippen LogP) is 1.23. The van der Waals surface area contributed by atoms with Crippen LogP contribution in [0.5, 0.6) is 0 Å². The summed E-state index contributed by atoms with van der Waals surface area (Å²) in [6.45, 7) is 1.29. The van der Waals surface area contributed by atoms with Gasteiger partial charge in [-0.2, -0.15) is 0 Å². The number of amides is 2. The van der Waals surface area contributed by atoms with Crippen LogP contribution in [0.25, 0.3) is 0 Å². The fourth-order valence-electron chi connectivity index (χ4n) is 2.05. The lowest BCUT2D eigenvalue weighted by Crippen LogP contribution is -2.38. The highest BCUT2D eigenvalue weighted by Gasteiger charge is 2.25. The van der Waals surface area contributed by atoms with E-state index in [1.807, 2.05) is 0 Å². The second kappa shape index (κ2) is 5.48. The molecule has 0 radical (unpaired) electrons. The number of benzene rings is 1. The van der Waals surface area contributed by atoms with E-state index in [2.05, 4.69) is 0 Å². The molecule has 0 aliphatic carbocycles. The fraction of sp³-hybridized carbons (Fsp3) is 0.385. The number of nitrogens with zero attached hydrogens (tertiary/aromatic N) is 2. The van der Waals surface area contributed by atoms with Crippen LogP contribution >= 0.6 is 11.6 Å². The average Bonchev–Trinajstić information content (AvgIpc) is 2.55. The molecule has 2 amide bonds. The molecule has 5 nitrogen and oxygen atoms in total. The first kappa shape index (κ1) is 13.7. The SMILES string of the molecule is CN1CCCN(C(=O)c2cccc(N)c2Cl)CC1=O. The number of anilines is 1. The quantitative estimate of drug-likeness (QED) is 0.787. The maximum atomic E-state index is 12.4. The number of carbonyl (C=O) groups is 2. The first-order valence-corrected chi connectivity index (χ1v) is 6.45. The summed E-state index contributed by atoms with van der Waals surface area (Å²) >= 11 is 6.05. The predicted molar refractivity (Wildman–Crippen MR) is 74.0 cm³/mol. The van der Waals surface area contributed by atoms with Gasteiger partial charge in [0.05, 0.1) is 16.3 Å². The third kappa shape index (κ3) is 2.81. The molecule has 1 heterocycles. The third-order valence-corrected chi connectivity index (χ3v) is 3.64. The van der Waals surface area contributed by atoms with E-state index in [9.17, 15) is 9.59 Å². The van der Waals surface area contributed by atoms with Crippen LogP contribution in [0.4, 0.5) is 5.69 Å². The largest absolute Gasteiger partial charge is 0.398 e. The highest BCUT2D eigenvalue weighted by atomic mass is 35.5. The van der Waals surface area contributed by atoms with Crippen LogP contribution in [0.15, 0.2) is 18.2 Å². The molecular formula is C13H16ClN3O2. The number of rotatable bonds is 1. The van der Waals surface area contributed by atoms with E-state index in [1.165, 1.54) is 4.90 Å². The monoisotopic (exact) mass is 281 g/mol. The number of halogens is 1. The number of hydrogen-bond acceptors (Lipinski definition) is 3. The zero-order valence-electron chi connectivity index (χ0n) is 10.7. The van der Waals surface area contributed by atoms with Crippen LogP contribution in [0, 0.1) is 0 Å². The molecule has 2 rings (SSSR count). The van der Waals surface area contributed by atoms with E-state index >= 15 is 0 Å². The first-order valence-electron chi connectivity index (χ1n) is 6.08. The lowest BCUT2D eigenvalue weighted by atomic mass is 10.1. The highest BCUT2D eigenvalue weighted by molar-refractivity contribution is 6.36. The Bertz CT molecular complexity index is 519.